The molecule has 0 aliphatic heterocycles. The average Bonchev–Trinajstić information content (AvgIpc) is 2.67. The van der Waals surface area contributed by atoms with Crippen LogP contribution in [0, 0.1) is 5.82 Å². The summed E-state index contributed by atoms with van der Waals surface area (Å²) < 4.78 is 51.0. The third kappa shape index (κ3) is 5.11. The number of rotatable bonds is 10. The number of anilines is 1. The summed E-state index contributed by atoms with van der Waals surface area (Å²) in [6, 6.07) is 10.8. The van der Waals surface area contributed by atoms with E-state index in [-0.39, 0.29) is 17.3 Å². The fraction of sp³-hybridized carbons (Fsp3) is 0.368. The second kappa shape index (κ2) is 9.57. The summed E-state index contributed by atoms with van der Waals surface area (Å²) in [6.07, 6.45) is 0. The first-order valence-electron chi connectivity index (χ1n) is 8.73. The fourth-order valence-electron chi connectivity index (χ4n) is 2.61. The van der Waals surface area contributed by atoms with Gasteiger partial charge in [-0.05, 0) is 30.3 Å². The fourth-order valence-corrected chi connectivity index (χ4v) is 4.09. The normalized spacial score (nSPS) is 11.4. The summed E-state index contributed by atoms with van der Waals surface area (Å²) in [6.45, 7) is 4.93. The van der Waals surface area contributed by atoms with Crippen molar-refractivity contribution in [1.82, 2.24) is 4.31 Å². The molecule has 0 aromatic heterocycles. The van der Waals surface area contributed by atoms with Crippen molar-refractivity contribution in [2.75, 3.05) is 38.7 Å². The molecule has 2 aromatic carbocycles. The Bertz CT molecular complexity index is 855. The van der Waals surface area contributed by atoms with Gasteiger partial charge in [0.2, 0.25) is 10.0 Å². The molecule has 0 atom stereocenters. The standard InChI is InChI=1S/C19H25FN2O4S/c1-4-22(5-2)27(23,24)15-10-11-19(25-3)17(14-15)21-12-13-26-18-9-7-6-8-16(18)20/h6-11,14,21H,4-5,12-13H2,1-3H3. The van der Waals surface area contributed by atoms with Crippen LogP contribution in [0.5, 0.6) is 11.5 Å². The third-order valence-corrected chi connectivity index (χ3v) is 6.07. The summed E-state index contributed by atoms with van der Waals surface area (Å²) in [5.74, 6) is 0.255. The Balaban J connectivity index is 2.10. The molecule has 6 nitrogen and oxygen atoms in total. The molecule has 0 unspecified atom stereocenters. The minimum atomic E-state index is -3.57. The van der Waals surface area contributed by atoms with Gasteiger partial charge in [0.15, 0.2) is 11.6 Å². The first-order valence-corrected chi connectivity index (χ1v) is 10.2. The van der Waals surface area contributed by atoms with Crippen LogP contribution >= 0.6 is 0 Å². The number of hydrogen-bond acceptors (Lipinski definition) is 5. The lowest BCUT2D eigenvalue weighted by atomic mass is 10.3. The van der Waals surface area contributed by atoms with Gasteiger partial charge < -0.3 is 14.8 Å². The van der Waals surface area contributed by atoms with Crippen molar-refractivity contribution in [3.05, 3.63) is 48.3 Å². The molecule has 27 heavy (non-hydrogen) atoms. The van der Waals surface area contributed by atoms with Crippen LogP contribution in [0.1, 0.15) is 13.8 Å². The highest BCUT2D eigenvalue weighted by molar-refractivity contribution is 7.89. The third-order valence-electron chi connectivity index (χ3n) is 4.03. The molecular formula is C19H25FN2O4S. The smallest absolute Gasteiger partial charge is 0.243 e. The van der Waals surface area contributed by atoms with Crippen molar-refractivity contribution in [2.24, 2.45) is 0 Å². The van der Waals surface area contributed by atoms with Crippen LogP contribution in [0.2, 0.25) is 0 Å². The van der Waals surface area contributed by atoms with Gasteiger partial charge in [0.1, 0.15) is 12.4 Å². The molecule has 0 saturated heterocycles. The van der Waals surface area contributed by atoms with Crippen molar-refractivity contribution < 1.29 is 22.3 Å². The van der Waals surface area contributed by atoms with E-state index >= 15 is 0 Å². The Morgan fingerprint density at radius 2 is 1.78 bits per heavy atom. The van der Waals surface area contributed by atoms with Crippen LogP contribution in [0.3, 0.4) is 0 Å². The Kier molecular flexibility index (Phi) is 7.44. The summed E-state index contributed by atoms with van der Waals surface area (Å²) in [7, 11) is -2.06. The minimum Gasteiger partial charge on any atom is -0.495 e. The molecule has 0 amide bonds. The first-order chi connectivity index (χ1) is 12.9. The van der Waals surface area contributed by atoms with Crippen molar-refractivity contribution in [3.63, 3.8) is 0 Å². The number of nitrogens with one attached hydrogen (secondary N) is 1. The maximum absolute atomic E-state index is 13.5. The molecule has 0 aliphatic carbocycles. The zero-order chi connectivity index (χ0) is 19.9. The second-order valence-corrected chi connectivity index (χ2v) is 7.60. The molecular weight excluding hydrogens is 371 g/mol. The lowest BCUT2D eigenvalue weighted by Crippen LogP contribution is -2.30. The molecule has 2 rings (SSSR count). The largest absolute Gasteiger partial charge is 0.495 e. The lowest BCUT2D eigenvalue weighted by molar-refractivity contribution is 0.315. The molecule has 0 heterocycles. The van der Waals surface area contributed by atoms with Crippen LogP contribution in [0.4, 0.5) is 10.1 Å². The number of para-hydroxylation sites is 1. The van der Waals surface area contributed by atoms with Crippen LogP contribution < -0.4 is 14.8 Å². The van der Waals surface area contributed by atoms with E-state index in [0.717, 1.165) is 0 Å². The molecule has 0 spiro atoms. The zero-order valence-electron chi connectivity index (χ0n) is 15.7. The number of halogens is 1. The van der Waals surface area contributed by atoms with E-state index in [0.29, 0.717) is 31.1 Å². The van der Waals surface area contributed by atoms with Gasteiger partial charge >= 0.3 is 0 Å². The highest BCUT2D eigenvalue weighted by Gasteiger charge is 2.22. The maximum Gasteiger partial charge on any atom is 0.243 e. The molecule has 1 N–H and O–H groups in total. The van der Waals surface area contributed by atoms with Gasteiger partial charge in [0.05, 0.1) is 17.7 Å². The zero-order valence-corrected chi connectivity index (χ0v) is 16.6. The SMILES string of the molecule is CCN(CC)S(=O)(=O)c1ccc(OC)c(NCCOc2ccccc2F)c1. The quantitative estimate of drug-likeness (QED) is 0.624. The van der Waals surface area contributed by atoms with Crippen LogP contribution in [-0.2, 0) is 10.0 Å². The van der Waals surface area contributed by atoms with Gasteiger partial charge in [-0.25, -0.2) is 12.8 Å². The van der Waals surface area contributed by atoms with Gasteiger partial charge in [0.25, 0.3) is 0 Å². The van der Waals surface area contributed by atoms with E-state index in [1.54, 1.807) is 38.1 Å². The Morgan fingerprint density at radius 3 is 2.41 bits per heavy atom. The van der Waals surface area contributed by atoms with Crippen molar-refractivity contribution in [3.8, 4) is 11.5 Å². The van der Waals surface area contributed by atoms with E-state index in [4.69, 9.17) is 9.47 Å². The van der Waals surface area contributed by atoms with Crippen molar-refractivity contribution in [1.29, 1.82) is 0 Å². The van der Waals surface area contributed by atoms with E-state index in [2.05, 4.69) is 5.32 Å². The average molecular weight is 396 g/mol. The molecule has 0 saturated carbocycles. The molecule has 0 fully saturated rings. The van der Waals surface area contributed by atoms with E-state index in [1.807, 2.05) is 0 Å². The number of hydrogen-bond donors (Lipinski definition) is 1. The second-order valence-electron chi connectivity index (χ2n) is 5.66. The maximum atomic E-state index is 13.5. The predicted molar refractivity (Wildman–Crippen MR) is 103 cm³/mol. The highest BCUT2D eigenvalue weighted by Crippen LogP contribution is 2.28. The number of nitrogens with zero attached hydrogens (tertiary/aromatic N) is 1. The molecule has 0 radical (unpaired) electrons. The topological polar surface area (TPSA) is 67.9 Å². The van der Waals surface area contributed by atoms with Gasteiger partial charge in [-0.1, -0.05) is 26.0 Å². The van der Waals surface area contributed by atoms with Gasteiger partial charge in [-0.2, -0.15) is 4.31 Å². The number of sulfonamides is 1. The predicted octanol–water partition coefficient (Wildman–Crippen LogP) is 3.36. The van der Waals surface area contributed by atoms with Crippen LogP contribution in [0.25, 0.3) is 0 Å². The van der Waals surface area contributed by atoms with Crippen LogP contribution in [0.15, 0.2) is 47.4 Å². The monoisotopic (exact) mass is 396 g/mol. The Morgan fingerprint density at radius 1 is 1.07 bits per heavy atom. The first kappa shape index (κ1) is 21.0. The van der Waals surface area contributed by atoms with Gasteiger partial charge in [-0.15, -0.1) is 0 Å². The summed E-state index contributed by atoms with van der Waals surface area (Å²) in [5, 5.41) is 3.09. The van der Waals surface area contributed by atoms with E-state index in [1.165, 1.54) is 29.6 Å². The Labute approximate surface area is 160 Å². The Hall–Kier alpha value is -2.32. The number of ether oxygens (including phenoxy) is 2. The molecule has 8 heteroatoms. The molecule has 148 valence electrons. The number of benzene rings is 2. The van der Waals surface area contributed by atoms with Gasteiger partial charge in [0, 0.05) is 19.6 Å². The summed E-state index contributed by atoms with van der Waals surface area (Å²) in [4.78, 5) is 0.185. The van der Waals surface area contributed by atoms with E-state index in [9.17, 15) is 12.8 Å². The van der Waals surface area contributed by atoms with Crippen molar-refractivity contribution >= 4 is 15.7 Å². The summed E-state index contributed by atoms with van der Waals surface area (Å²) in [5.41, 5.74) is 0.530. The molecule has 0 bridgehead atoms. The highest BCUT2D eigenvalue weighted by atomic mass is 32.2. The lowest BCUT2D eigenvalue weighted by Gasteiger charge is -2.20. The van der Waals surface area contributed by atoms with E-state index < -0.39 is 15.8 Å². The van der Waals surface area contributed by atoms with Crippen LogP contribution in [-0.4, -0.2) is 46.1 Å². The van der Waals surface area contributed by atoms with Crippen molar-refractivity contribution in [2.45, 2.75) is 18.7 Å². The van der Waals surface area contributed by atoms with Gasteiger partial charge in [-0.3, -0.25) is 0 Å². The minimum absolute atomic E-state index is 0.170. The summed E-state index contributed by atoms with van der Waals surface area (Å²) >= 11 is 0. The molecule has 0 aliphatic rings. The molecule has 2 aromatic rings. The number of methoxy groups -OCH3 is 1.